The van der Waals surface area contributed by atoms with E-state index in [0.717, 1.165) is 10.6 Å². The van der Waals surface area contributed by atoms with Gasteiger partial charge in [0.05, 0.1) is 32.9 Å². The fraction of sp³-hybridized carbons (Fsp3) is 0.226. The van der Waals surface area contributed by atoms with Crippen LogP contribution in [0.25, 0.3) is 0 Å². The van der Waals surface area contributed by atoms with Crippen molar-refractivity contribution < 1.29 is 30.6 Å². The van der Waals surface area contributed by atoms with Gasteiger partial charge in [0.25, 0.3) is 0 Å². The van der Waals surface area contributed by atoms with Gasteiger partial charge >= 0.3 is 12.4 Å². The van der Waals surface area contributed by atoms with Crippen molar-refractivity contribution in [3.63, 3.8) is 0 Å². The molecule has 4 rings (SSSR count). The van der Waals surface area contributed by atoms with Gasteiger partial charge in [-0.15, -0.1) is 0 Å². The first-order chi connectivity index (χ1) is 19.2. The Bertz CT molecular complexity index is 1430. The summed E-state index contributed by atoms with van der Waals surface area (Å²) in [5, 5.41) is 2.60. The summed E-state index contributed by atoms with van der Waals surface area (Å²) in [5.74, 6) is 0. The van der Waals surface area contributed by atoms with E-state index in [2.05, 4.69) is 4.72 Å². The van der Waals surface area contributed by atoms with Crippen LogP contribution >= 0.6 is 7.92 Å². The second-order valence-corrected chi connectivity index (χ2v) is 14.5. The molecule has 10 heteroatoms. The molecule has 4 aromatic carbocycles. The van der Waals surface area contributed by atoms with Gasteiger partial charge in [-0.1, -0.05) is 84.9 Å². The number of benzene rings is 4. The van der Waals surface area contributed by atoms with E-state index in [1.54, 1.807) is 39.0 Å². The Morgan fingerprint density at radius 3 is 1.54 bits per heavy atom. The molecule has 2 atom stereocenters. The van der Waals surface area contributed by atoms with Gasteiger partial charge in [-0.3, -0.25) is 0 Å². The zero-order valence-corrected chi connectivity index (χ0v) is 24.1. The number of hydrogen-bond donors (Lipinski definition) is 1. The third kappa shape index (κ3) is 7.45. The third-order valence-corrected chi connectivity index (χ3v) is 10.3. The van der Waals surface area contributed by atoms with E-state index in [-0.39, 0.29) is 11.6 Å². The van der Waals surface area contributed by atoms with E-state index in [1.165, 1.54) is 0 Å². The zero-order chi connectivity index (χ0) is 30.0. The van der Waals surface area contributed by atoms with Crippen LogP contribution in [0.2, 0.25) is 0 Å². The molecule has 216 valence electrons. The van der Waals surface area contributed by atoms with Gasteiger partial charge in [-0.05, 0) is 73.9 Å². The van der Waals surface area contributed by atoms with Gasteiger partial charge in [0, 0.05) is 0 Å². The summed E-state index contributed by atoms with van der Waals surface area (Å²) >= 11 is 0. The summed E-state index contributed by atoms with van der Waals surface area (Å²) in [5.41, 5.74) is -2.70. The average molecular weight is 608 g/mol. The molecule has 0 aromatic heterocycles. The van der Waals surface area contributed by atoms with Gasteiger partial charge in [0.2, 0.25) is 0 Å². The first-order valence-corrected chi connectivity index (χ1v) is 15.1. The van der Waals surface area contributed by atoms with Crippen molar-refractivity contribution in [3.8, 4) is 0 Å². The van der Waals surface area contributed by atoms with Gasteiger partial charge in [0.1, 0.15) is 0 Å². The molecule has 0 saturated carbocycles. The van der Waals surface area contributed by atoms with E-state index in [1.807, 2.05) is 66.7 Å². The van der Waals surface area contributed by atoms with Crippen LogP contribution in [0.1, 0.15) is 49.1 Å². The molecule has 0 aliphatic heterocycles. The quantitative estimate of drug-likeness (QED) is 0.170. The monoisotopic (exact) mass is 607 g/mol. The SMILES string of the molecule is CC(C)(C)S(=O)N[C@H](c1cc(C(F)(F)F)cc(C(F)(F)F)c1)c1ccccc1P(c1ccccc1)c1ccccc1. The van der Waals surface area contributed by atoms with Gasteiger partial charge in [-0.2, -0.15) is 26.3 Å². The van der Waals surface area contributed by atoms with Crippen LogP contribution in [0.4, 0.5) is 26.3 Å². The summed E-state index contributed by atoms with van der Waals surface area (Å²) in [7, 11) is -3.13. The molecule has 0 radical (unpaired) electrons. The number of hydrogen-bond acceptors (Lipinski definition) is 1. The van der Waals surface area contributed by atoms with Crippen molar-refractivity contribution >= 4 is 34.8 Å². The highest BCUT2D eigenvalue weighted by atomic mass is 32.2. The number of nitrogens with one attached hydrogen (secondary N) is 1. The molecule has 1 N–H and O–H groups in total. The van der Waals surface area contributed by atoms with E-state index in [0.29, 0.717) is 23.0 Å². The highest BCUT2D eigenvalue weighted by molar-refractivity contribution is 7.84. The maximum Gasteiger partial charge on any atom is 0.416 e. The fourth-order valence-electron chi connectivity index (χ4n) is 4.26. The Morgan fingerprint density at radius 1 is 0.659 bits per heavy atom. The molecule has 41 heavy (non-hydrogen) atoms. The normalized spacial score (nSPS) is 14.2. The lowest BCUT2D eigenvalue weighted by molar-refractivity contribution is -0.143. The maximum absolute atomic E-state index is 13.9. The molecule has 0 saturated heterocycles. The molecule has 0 aliphatic carbocycles. The van der Waals surface area contributed by atoms with Crippen molar-refractivity contribution in [1.82, 2.24) is 4.72 Å². The highest BCUT2D eigenvalue weighted by Gasteiger charge is 2.38. The van der Waals surface area contributed by atoms with Crippen LogP contribution in [0, 0.1) is 0 Å². The summed E-state index contributed by atoms with van der Waals surface area (Å²) in [6, 6.07) is 26.2. The fourth-order valence-corrected chi connectivity index (χ4v) is 7.58. The molecule has 2 nitrogen and oxygen atoms in total. The van der Waals surface area contributed by atoms with Crippen molar-refractivity contribution in [2.75, 3.05) is 0 Å². The maximum atomic E-state index is 13.9. The average Bonchev–Trinajstić information content (AvgIpc) is 2.91. The summed E-state index contributed by atoms with van der Waals surface area (Å²) in [6.45, 7) is 5.02. The standard InChI is InChI=1S/C31H28F6NOPS/c1-29(2,3)41(39)38-28(21-18-22(30(32,33)34)20-23(19-21)31(35,36)37)26-16-10-11-17-27(26)40(24-12-6-4-7-13-24)25-14-8-5-9-15-25/h4-20,28,38H,1-3H3/t28-,41?/m1/s1. The molecule has 0 amide bonds. The van der Waals surface area contributed by atoms with E-state index in [9.17, 15) is 30.6 Å². The predicted molar refractivity (Wildman–Crippen MR) is 154 cm³/mol. The van der Waals surface area contributed by atoms with Crippen molar-refractivity contribution in [2.45, 2.75) is 43.9 Å². The summed E-state index contributed by atoms with van der Waals surface area (Å²) in [4.78, 5) is 0. The second kappa shape index (κ2) is 12.1. The van der Waals surface area contributed by atoms with Gasteiger partial charge in [0.15, 0.2) is 0 Å². The zero-order valence-electron chi connectivity index (χ0n) is 22.4. The topological polar surface area (TPSA) is 29.1 Å². The van der Waals surface area contributed by atoms with E-state index < -0.39 is 53.2 Å². The Labute approximate surface area is 239 Å². The number of halogens is 6. The molecule has 0 spiro atoms. The summed E-state index contributed by atoms with van der Waals surface area (Å²) in [6.07, 6.45) is -10.0. The Kier molecular flexibility index (Phi) is 9.12. The first kappa shape index (κ1) is 30.9. The largest absolute Gasteiger partial charge is 0.416 e. The molecule has 0 bridgehead atoms. The molecule has 1 unspecified atom stereocenters. The minimum Gasteiger partial charge on any atom is -0.242 e. The van der Waals surface area contributed by atoms with E-state index in [4.69, 9.17) is 0 Å². The van der Waals surface area contributed by atoms with Crippen LogP contribution in [0.5, 0.6) is 0 Å². The van der Waals surface area contributed by atoms with Crippen LogP contribution in [-0.4, -0.2) is 8.96 Å². The molecule has 0 heterocycles. The van der Waals surface area contributed by atoms with Crippen molar-refractivity contribution in [3.05, 3.63) is 125 Å². The molecular weight excluding hydrogens is 579 g/mol. The lowest BCUT2D eigenvalue weighted by Crippen LogP contribution is -2.38. The minimum absolute atomic E-state index is 0.105. The Balaban J connectivity index is 2.01. The van der Waals surface area contributed by atoms with Crippen LogP contribution in [0.15, 0.2) is 103 Å². The Morgan fingerprint density at radius 2 is 1.10 bits per heavy atom. The predicted octanol–water partition coefficient (Wildman–Crippen LogP) is 7.62. The van der Waals surface area contributed by atoms with Crippen LogP contribution < -0.4 is 20.6 Å². The van der Waals surface area contributed by atoms with Crippen LogP contribution in [0.3, 0.4) is 0 Å². The number of alkyl halides is 6. The smallest absolute Gasteiger partial charge is 0.242 e. The lowest BCUT2D eigenvalue weighted by Gasteiger charge is -2.30. The van der Waals surface area contributed by atoms with Crippen LogP contribution in [-0.2, 0) is 23.3 Å². The van der Waals surface area contributed by atoms with Gasteiger partial charge in [-0.25, -0.2) is 8.93 Å². The molecular formula is C31H28F6NOPS. The summed E-state index contributed by atoms with van der Waals surface area (Å²) < 4.78 is 98.6. The first-order valence-electron chi connectivity index (χ1n) is 12.6. The Hall–Kier alpha value is -3.00. The van der Waals surface area contributed by atoms with Crippen molar-refractivity contribution in [2.24, 2.45) is 0 Å². The lowest BCUT2D eigenvalue weighted by atomic mass is 9.95. The molecule has 0 fully saturated rings. The second-order valence-electron chi connectivity index (χ2n) is 10.3. The third-order valence-electron chi connectivity index (χ3n) is 6.24. The van der Waals surface area contributed by atoms with Crippen molar-refractivity contribution in [1.29, 1.82) is 0 Å². The van der Waals surface area contributed by atoms with E-state index >= 15 is 0 Å². The molecule has 0 aliphatic rings. The number of rotatable bonds is 7. The highest BCUT2D eigenvalue weighted by Crippen LogP contribution is 2.41. The minimum atomic E-state index is -5.02. The molecule has 4 aromatic rings. The van der Waals surface area contributed by atoms with Gasteiger partial charge < -0.3 is 0 Å².